The van der Waals surface area contributed by atoms with Crippen LogP contribution in [0.5, 0.6) is 0 Å². The molecule has 1 amide bonds. The monoisotopic (exact) mass is 334 g/mol. The van der Waals surface area contributed by atoms with Crippen molar-refractivity contribution in [2.24, 2.45) is 0 Å². The van der Waals surface area contributed by atoms with Crippen LogP contribution in [0.1, 0.15) is 23.2 Å². The van der Waals surface area contributed by atoms with Crippen LogP contribution in [-0.2, 0) is 6.54 Å². The van der Waals surface area contributed by atoms with Gasteiger partial charge in [0.2, 0.25) is 0 Å². The van der Waals surface area contributed by atoms with Gasteiger partial charge in [0.05, 0.1) is 21.8 Å². The summed E-state index contributed by atoms with van der Waals surface area (Å²) in [6, 6.07) is 4.02. The highest BCUT2D eigenvalue weighted by Gasteiger charge is 2.31. The molecule has 0 saturated carbocycles. The van der Waals surface area contributed by atoms with E-state index in [0.29, 0.717) is 18.7 Å². The fourth-order valence-corrected chi connectivity index (χ4v) is 3.13. The number of non-ortho nitro benzene ring substituents is 1. The van der Waals surface area contributed by atoms with Crippen molar-refractivity contribution in [1.82, 2.24) is 14.5 Å². The summed E-state index contributed by atoms with van der Waals surface area (Å²) in [6.07, 6.45) is 7.12. The number of carbonyl (C=O) groups excluding carboxylic acids is 1. The Bertz CT molecular complexity index is 732. The summed E-state index contributed by atoms with van der Waals surface area (Å²) in [5.74, 6) is -0.187. The van der Waals surface area contributed by atoms with Crippen LogP contribution >= 0.6 is 11.6 Å². The first kappa shape index (κ1) is 15.5. The molecule has 1 fully saturated rings. The molecule has 23 heavy (non-hydrogen) atoms. The van der Waals surface area contributed by atoms with Gasteiger partial charge in [-0.3, -0.25) is 14.9 Å². The van der Waals surface area contributed by atoms with Crippen LogP contribution in [0.4, 0.5) is 5.69 Å². The van der Waals surface area contributed by atoms with E-state index in [1.807, 2.05) is 10.8 Å². The first-order valence-corrected chi connectivity index (χ1v) is 7.64. The smallest absolute Gasteiger partial charge is 0.270 e. The van der Waals surface area contributed by atoms with E-state index in [9.17, 15) is 14.9 Å². The number of likely N-dealkylation sites (tertiary alicyclic amines) is 1. The predicted molar refractivity (Wildman–Crippen MR) is 84.4 cm³/mol. The first-order valence-electron chi connectivity index (χ1n) is 7.27. The van der Waals surface area contributed by atoms with Crippen molar-refractivity contribution in [2.75, 3.05) is 6.54 Å². The van der Waals surface area contributed by atoms with Crippen molar-refractivity contribution < 1.29 is 9.72 Å². The second-order valence-corrected chi connectivity index (χ2v) is 5.88. The van der Waals surface area contributed by atoms with Crippen molar-refractivity contribution in [3.05, 3.63) is 57.6 Å². The highest BCUT2D eigenvalue weighted by Crippen LogP contribution is 2.27. The molecule has 0 unspecified atom stereocenters. The Kier molecular flexibility index (Phi) is 4.29. The lowest BCUT2D eigenvalue weighted by atomic mass is 10.1. The summed E-state index contributed by atoms with van der Waals surface area (Å²) in [6.45, 7) is 1.34. The number of hydrogen-bond donors (Lipinski definition) is 0. The normalized spacial score (nSPS) is 17.4. The summed E-state index contributed by atoms with van der Waals surface area (Å²) < 4.78 is 1.94. The Morgan fingerprint density at radius 2 is 2.30 bits per heavy atom. The van der Waals surface area contributed by atoms with Gasteiger partial charge in [0.1, 0.15) is 0 Å². The number of amides is 1. The van der Waals surface area contributed by atoms with Gasteiger partial charge >= 0.3 is 0 Å². The summed E-state index contributed by atoms with van der Waals surface area (Å²) in [5.41, 5.74) is 0.178. The van der Waals surface area contributed by atoms with E-state index in [1.54, 1.807) is 17.4 Å². The average Bonchev–Trinajstić information content (AvgIpc) is 3.18. The number of carbonyl (C=O) groups is 1. The molecule has 0 radical (unpaired) electrons. The molecule has 8 heteroatoms. The van der Waals surface area contributed by atoms with Crippen LogP contribution in [0.3, 0.4) is 0 Å². The predicted octanol–water partition coefficient (Wildman–Crippen LogP) is 2.75. The third kappa shape index (κ3) is 3.19. The maximum absolute atomic E-state index is 12.7. The van der Waals surface area contributed by atoms with Crippen LogP contribution in [-0.4, -0.2) is 37.9 Å². The van der Waals surface area contributed by atoms with Gasteiger partial charge in [-0.25, -0.2) is 4.98 Å². The average molecular weight is 335 g/mol. The number of rotatable bonds is 4. The fraction of sp³-hybridized carbons (Fsp3) is 0.333. The minimum atomic E-state index is -0.530. The summed E-state index contributed by atoms with van der Waals surface area (Å²) in [7, 11) is 0. The molecule has 1 atom stereocenters. The maximum Gasteiger partial charge on any atom is 0.270 e. The molecule has 0 aliphatic carbocycles. The van der Waals surface area contributed by atoms with Crippen molar-refractivity contribution in [3.63, 3.8) is 0 Å². The van der Waals surface area contributed by atoms with Gasteiger partial charge in [0, 0.05) is 43.7 Å². The summed E-state index contributed by atoms with van der Waals surface area (Å²) >= 11 is 6.07. The minimum absolute atomic E-state index is 0.0722. The zero-order valence-electron chi connectivity index (χ0n) is 12.3. The molecule has 0 spiro atoms. The Hall–Kier alpha value is -2.41. The second-order valence-electron chi connectivity index (χ2n) is 5.48. The molecule has 3 rings (SSSR count). The van der Waals surface area contributed by atoms with Crippen molar-refractivity contribution in [2.45, 2.75) is 25.4 Å². The van der Waals surface area contributed by atoms with Crippen LogP contribution in [0, 0.1) is 10.1 Å². The number of benzene rings is 1. The highest BCUT2D eigenvalue weighted by molar-refractivity contribution is 6.34. The van der Waals surface area contributed by atoms with E-state index in [-0.39, 0.29) is 22.7 Å². The third-order valence-corrected chi connectivity index (χ3v) is 4.33. The van der Waals surface area contributed by atoms with E-state index in [1.165, 1.54) is 18.2 Å². The quantitative estimate of drug-likeness (QED) is 0.636. The number of hydrogen-bond acceptors (Lipinski definition) is 4. The lowest BCUT2D eigenvalue weighted by molar-refractivity contribution is -0.384. The molecule has 1 aromatic heterocycles. The largest absolute Gasteiger partial charge is 0.335 e. The van der Waals surface area contributed by atoms with Crippen LogP contribution in [0.25, 0.3) is 0 Å². The topological polar surface area (TPSA) is 81.3 Å². The van der Waals surface area contributed by atoms with E-state index in [0.717, 1.165) is 12.8 Å². The van der Waals surface area contributed by atoms with Crippen molar-refractivity contribution in [3.8, 4) is 0 Å². The highest BCUT2D eigenvalue weighted by atomic mass is 35.5. The van der Waals surface area contributed by atoms with Gasteiger partial charge in [-0.2, -0.15) is 0 Å². The molecule has 0 bridgehead atoms. The summed E-state index contributed by atoms with van der Waals surface area (Å²) in [5, 5.41) is 10.9. The number of imidazole rings is 1. The van der Waals surface area contributed by atoms with Gasteiger partial charge < -0.3 is 9.47 Å². The van der Waals surface area contributed by atoms with Crippen molar-refractivity contribution in [1.29, 1.82) is 0 Å². The van der Waals surface area contributed by atoms with Gasteiger partial charge in [-0.1, -0.05) is 11.6 Å². The van der Waals surface area contributed by atoms with E-state index >= 15 is 0 Å². The van der Waals surface area contributed by atoms with Gasteiger partial charge in [-0.15, -0.1) is 0 Å². The zero-order chi connectivity index (χ0) is 16.4. The lowest BCUT2D eigenvalue weighted by Gasteiger charge is -2.25. The number of nitro benzene ring substituents is 1. The second kappa shape index (κ2) is 6.37. The molecule has 120 valence electrons. The van der Waals surface area contributed by atoms with Crippen molar-refractivity contribution >= 4 is 23.2 Å². The Labute approximate surface area is 137 Å². The fourth-order valence-electron chi connectivity index (χ4n) is 2.88. The van der Waals surface area contributed by atoms with Gasteiger partial charge in [0.25, 0.3) is 11.6 Å². The van der Waals surface area contributed by atoms with E-state index in [2.05, 4.69) is 4.98 Å². The molecule has 1 aliphatic heterocycles. The molecule has 7 nitrogen and oxygen atoms in total. The molecule has 2 heterocycles. The van der Waals surface area contributed by atoms with Gasteiger partial charge in [0.15, 0.2) is 0 Å². The Morgan fingerprint density at radius 3 is 2.96 bits per heavy atom. The lowest BCUT2D eigenvalue weighted by Crippen LogP contribution is -2.38. The van der Waals surface area contributed by atoms with Gasteiger partial charge in [-0.05, 0) is 18.9 Å². The number of halogens is 1. The Balaban J connectivity index is 1.80. The number of nitro groups is 1. The SMILES string of the molecule is O=C(c1ccc([N+](=O)[O-])cc1Cl)N1CCC[C@H]1Cn1ccnc1. The van der Waals surface area contributed by atoms with E-state index < -0.39 is 4.92 Å². The van der Waals surface area contributed by atoms with E-state index in [4.69, 9.17) is 11.6 Å². The number of aromatic nitrogens is 2. The first-order chi connectivity index (χ1) is 11.1. The molecular formula is C15H15ClN4O3. The molecule has 1 saturated heterocycles. The zero-order valence-corrected chi connectivity index (χ0v) is 13.0. The standard InChI is InChI=1S/C15H15ClN4O3/c16-14-8-11(20(22)23)3-4-13(14)15(21)19-6-1-2-12(19)9-18-7-5-17-10-18/h3-5,7-8,10,12H,1-2,6,9H2/t12-/m0/s1. The van der Waals surface area contributed by atoms with Crippen LogP contribution < -0.4 is 0 Å². The third-order valence-electron chi connectivity index (χ3n) is 4.01. The number of nitrogens with zero attached hydrogens (tertiary/aromatic N) is 4. The molecule has 1 aromatic carbocycles. The minimum Gasteiger partial charge on any atom is -0.335 e. The molecule has 1 aliphatic rings. The molecule has 2 aromatic rings. The summed E-state index contributed by atoms with van der Waals surface area (Å²) in [4.78, 5) is 28.8. The molecular weight excluding hydrogens is 320 g/mol. The maximum atomic E-state index is 12.7. The van der Waals surface area contributed by atoms with Crippen LogP contribution in [0.2, 0.25) is 5.02 Å². The Morgan fingerprint density at radius 1 is 1.48 bits per heavy atom. The molecule has 0 N–H and O–H groups in total. The van der Waals surface area contributed by atoms with Crippen LogP contribution in [0.15, 0.2) is 36.9 Å².